The van der Waals surface area contributed by atoms with E-state index >= 15 is 0 Å². The second kappa shape index (κ2) is 2.61. The summed E-state index contributed by atoms with van der Waals surface area (Å²) < 4.78 is 4.67. The molecule has 1 N–H and O–H groups in total. The second-order valence-corrected chi connectivity index (χ2v) is 1.88. The van der Waals surface area contributed by atoms with Crippen molar-refractivity contribution in [3.63, 3.8) is 0 Å². The largest absolute Gasteiger partial charge is 0.480 e. The van der Waals surface area contributed by atoms with Crippen LogP contribution < -0.4 is 0 Å². The fraction of sp³-hybridized carbons (Fsp3) is 0.750. The van der Waals surface area contributed by atoms with Crippen LogP contribution in [0.4, 0.5) is 0 Å². The van der Waals surface area contributed by atoms with E-state index in [0.717, 1.165) is 5.01 Å². The van der Waals surface area contributed by atoms with Gasteiger partial charge in [-0.25, -0.2) is 9.80 Å². The molecule has 0 saturated carbocycles. The lowest BCUT2D eigenvalue weighted by molar-refractivity contribution is -0.141. The Morgan fingerprint density at radius 1 is 1.80 bits per heavy atom. The first kappa shape index (κ1) is 6.94. The third-order valence-corrected chi connectivity index (χ3v) is 1.25. The Morgan fingerprint density at radius 3 is 2.90 bits per heavy atom. The molecule has 0 bridgehead atoms. The number of aliphatic carboxylic acids is 1. The number of ether oxygens (including phenoxy) is 1. The van der Waals surface area contributed by atoms with E-state index in [1.165, 1.54) is 0 Å². The number of carboxylic acid groups (broad SMARTS) is 1. The van der Waals surface area contributed by atoms with Gasteiger partial charge in [-0.1, -0.05) is 0 Å². The molecule has 1 aliphatic heterocycles. The fourth-order valence-electron chi connectivity index (χ4n) is 0.713. The van der Waals surface area contributed by atoms with Crippen LogP contribution in [0.25, 0.3) is 0 Å². The van der Waals surface area contributed by atoms with Crippen LogP contribution in [-0.2, 0) is 9.53 Å². The van der Waals surface area contributed by atoms with Crippen LogP contribution in [0.1, 0.15) is 0 Å². The van der Waals surface area contributed by atoms with Gasteiger partial charge in [0.05, 0.1) is 11.9 Å². The Morgan fingerprint density at radius 2 is 2.50 bits per heavy atom. The van der Waals surface area contributed by atoms with Gasteiger partial charge < -0.3 is 9.84 Å². The Balaban J connectivity index is 2.58. The quantitative estimate of drug-likeness (QED) is 0.527. The van der Waals surface area contributed by atoms with E-state index < -0.39 is 12.0 Å². The molecule has 1 atom stereocenters. The van der Waals surface area contributed by atoms with Crippen LogP contribution in [0.2, 0.25) is 0 Å². The highest BCUT2D eigenvalue weighted by Crippen LogP contribution is 2.08. The van der Waals surface area contributed by atoms with Crippen molar-refractivity contribution in [3.05, 3.63) is 4.91 Å². The van der Waals surface area contributed by atoms with Gasteiger partial charge in [-0.15, -0.1) is 4.91 Å². The molecule has 6 heteroatoms. The molecule has 1 fully saturated rings. The van der Waals surface area contributed by atoms with Gasteiger partial charge in [0.1, 0.15) is 6.73 Å². The smallest absolute Gasteiger partial charge is 0.330 e. The van der Waals surface area contributed by atoms with Crippen molar-refractivity contribution in [2.45, 2.75) is 6.04 Å². The number of rotatable bonds is 2. The Kier molecular flexibility index (Phi) is 1.81. The summed E-state index contributed by atoms with van der Waals surface area (Å²) in [4.78, 5) is 20.1. The van der Waals surface area contributed by atoms with Gasteiger partial charge in [0, 0.05) is 0 Å². The zero-order chi connectivity index (χ0) is 7.56. The second-order valence-electron chi connectivity index (χ2n) is 1.88. The Labute approximate surface area is 56.3 Å². The molecule has 1 saturated heterocycles. The van der Waals surface area contributed by atoms with Crippen molar-refractivity contribution < 1.29 is 14.6 Å². The maximum atomic E-state index is 10.3. The third kappa shape index (κ3) is 1.06. The number of nitroso groups, excluding NO2 is 1. The van der Waals surface area contributed by atoms with E-state index in [9.17, 15) is 9.70 Å². The zero-order valence-electron chi connectivity index (χ0n) is 5.06. The van der Waals surface area contributed by atoms with Crippen molar-refractivity contribution in [1.82, 2.24) is 5.01 Å². The molecule has 1 rings (SSSR count). The molecular weight excluding hydrogens is 140 g/mol. The van der Waals surface area contributed by atoms with Crippen molar-refractivity contribution in [1.29, 1.82) is 0 Å². The molecule has 0 radical (unpaired) electrons. The SMILES string of the molecule is O=NN1COC[C@H]1C(=O)O. The third-order valence-electron chi connectivity index (χ3n) is 1.25. The normalized spacial score (nSPS) is 24.8. The molecule has 0 aliphatic carbocycles. The summed E-state index contributed by atoms with van der Waals surface area (Å²) in [6.45, 7) is 0.00153. The number of carbonyl (C=O) groups is 1. The molecule has 10 heavy (non-hydrogen) atoms. The van der Waals surface area contributed by atoms with Gasteiger partial charge in [-0.3, -0.25) is 0 Å². The Hall–Kier alpha value is -1.17. The van der Waals surface area contributed by atoms with Crippen LogP contribution in [0.5, 0.6) is 0 Å². The molecule has 0 aromatic heterocycles. The van der Waals surface area contributed by atoms with Gasteiger partial charge in [0.15, 0.2) is 6.04 Å². The van der Waals surface area contributed by atoms with Crippen molar-refractivity contribution in [2.75, 3.05) is 13.3 Å². The van der Waals surface area contributed by atoms with Gasteiger partial charge in [0.25, 0.3) is 0 Å². The first-order chi connectivity index (χ1) is 4.75. The lowest BCUT2D eigenvalue weighted by atomic mass is 10.3. The summed E-state index contributed by atoms with van der Waals surface area (Å²) in [5, 5.41) is 11.7. The lowest BCUT2D eigenvalue weighted by Crippen LogP contribution is -2.33. The summed E-state index contributed by atoms with van der Waals surface area (Å²) in [5.41, 5.74) is 0. The number of hydrogen-bond donors (Lipinski definition) is 1. The number of carboxylic acids is 1. The number of nitrogens with zero attached hydrogens (tertiary/aromatic N) is 2. The molecule has 56 valence electrons. The molecule has 0 unspecified atom stereocenters. The van der Waals surface area contributed by atoms with E-state index in [1.54, 1.807) is 0 Å². The standard InChI is InChI=1S/C4H6N2O4/c7-4(8)3-1-10-2-6(3)5-9/h3H,1-2H2,(H,7,8)/t3-/m0/s1. The predicted octanol–water partition coefficient (Wildman–Crippen LogP) is -0.589. The molecule has 0 aromatic rings. The average molecular weight is 146 g/mol. The molecule has 6 nitrogen and oxygen atoms in total. The highest BCUT2D eigenvalue weighted by molar-refractivity contribution is 5.73. The molecule has 0 aromatic carbocycles. The summed E-state index contributed by atoms with van der Waals surface area (Å²) in [6.07, 6.45) is 0. The molecule has 0 spiro atoms. The zero-order valence-corrected chi connectivity index (χ0v) is 5.06. The van der Waals surface area contributed by atoms with Gasteiger partial charge in [-0.05, 0) is 0 Å². The van der Waals surface area contributed by atoms with Crippen LogP contribution in [0, 0.1) is 4.91 Å². The van der Waals surface area contributed by atoms with Crippen molar-refractivity contribution in [3.8, 4) is 0 Å². The monoisotopic (exact) mass is 146 g/mol. The van der Waals surface area contributed by atoms with Crippen LogP contribution in [-0.4, -0.2) is 35.5 Å². The van der Waals surface area contributed by atoms with E-state index in [1.807, 2.05) is 0 Å². The summed E-state index contributed by atoms with van der Waals surface area (Å²) in [7, 11) is 0. The Bertz CT molecular complexity index is 159. The molecular formula is C4H6N2O4. The first-order valence-electron chi connectivity index (χ1n) is 2.66. The maximum Gasteiger partial charge on any atom is 0.330 e. The average Bonchev–Trinajstić information content (AvgIpc) is 2.33. The molecule has 1 heterocycles. The summed E-state index contributed by atoms with van der Waals surface area (Å²) in [5.74, 6) is -1.09. The predicted molar refractivity (Wildman–Crippen MR) is 29.9 cm³/mol. The summed E-state index contributed by atoms with van der Waals surface area (Å²) in [6, 6.07) is -0.905. The van der Waals surface area contributed by atoms with E-state index in [0.29, 0.717) is 0 Å². The summed E-state index contributed by atoms with van der Waals surface area (Å²) >= 11 is 0. The van der Waals surface area contributed by atoms with E-state index in [2.05, 4.69) is 10.0 Å². The van der Waals surface area contributed by atoms with E-state index in [4.69, 9.17) is 5.11 Å². The highest BCUT2D eigenvalue weighted by atomic mass is 16.5. The van der Waals surface area contributed by atoms with Crippen molar-refractivity contribution in [2.24, 2.45) is 5.29 Å². The van der Waals surface area contributed by atoms with Crippen LogP contribution in [0.3, 0.4) is 0 Å². The molecule has 1 aliphatic rings. The van der Waals surface area contributed by atoms with E-state index in [-0.39, 0.29) is 13.3 Å². The highest BCUT2D eigenvalue weighted by Gasteiger charge is 2.31. The minimum atomic E-state index is -1.09. The van der Waals surface area contributed by atoms with Crippen LogP contribution in [0.15, 0.2) is 5.29 Å². The van der Waals surface area contributed by atoms with Gasteiger partial charge in [0.2, 0.25) is 0 Å². The topological polar surface area (TPSA) is 79.2 Å². The maximum absolute atomic E-state index is 10.3. The number of hydrogen-bond acceptors (Lipinski definition) is 4. The van der Waals surface area contributed by atoms with Gasteiger partial charge in [-0.2, -0.15) is 0 Å². The minimum Gasteiger partial charge on any atom is -0.480 e. The van der Waals surface area contributed by atoms with Gasteiger partial charge >= 0.3 is 5.97 Å². The molecule has 0 amide bonds. The lowest BCUT2D eigenvalue weighted by Gasteiger charge is -2.08. The minimum absolute atomic E-state index is 0.0273. The first-order valence-corrected chi connectivity index (χ1v) is 2.66. The van der Waals surface area contributed by atoms with Crippen LogP contribution >= 0.6 is 0 Å². The fourth-order valence-corrected chi connectivity index (χ4v) is 0.713. The van der Waals surface area contributed by atoms with Crippen molar-refractivity contribution >= 4 is 5.97 Å².